The molecule has 0 saturated carbocycles. The van der Waals surface area contributed by atoms with E-state index in [1.54, 1.807) is 18.2 Å². The lowest BCUT2D eigenvalue weighted by Gasteiger charge is -2.10. The summed E-state index contributed by atoms with van der Waals surface area (Å²) in [6, 6.07) is 10.3. The molecular weight excluding hydrogens is 367 g/mol. The van der Waals surface area contributed by atoms with Gasteiger partial charge in [0.2, 0.25) is 12.7 Å². The molecule has 0 saturated heterocycles. The standard InChI is InChI=1S/C18H10F3NO5/c19-18(20,21)27-13-4-2-1-3-10(13)7-12-17(23)26-16(22-12)11-5-6-14-15(8-11)25-9-24-14/h1-8H,9H2. The molecule has 2 aliphatic heterocycles. The van der Waals surface area contributed by atoms with Crippen molar-refractivity contribution in [1.82, 2.24) is 0 Å². The van der Waals surface area contributed by atoms with Gasteiger partial charge < -0.3 is 18.9 Å². The van der Waals surface area contributed by atoms with Crippen LogP contribution in [0.25, 0.3) is 6.08 Å². The Kier molecular flexibility index (Phi) is 3.98. The van der Waals surface area contributed by atoms with Crippen molar-refractivity contribution in [2.75, 3.05) is 6.79 Å². The maximum absolute atomic E-state index is 12.5. The molecule has 9 heteroatoms. The number of para-hydroxylation sites is 1. The minimum atomic E-state index is -4.86. The molecule has 0 fully saturated rings. The SMILES string of the molecule is O=C1OC(c2ccc3c(c2)OCO3)=NC1=Cc1ccccc1OC(F)(F)F. The van der Waals surface area contributed by atoms with Crippen molar-refractivity contribution in [3.05, 3.63) is 59.3 Å². The maximum Gasteiger partial charge on any atom is 0.573 e. The third-order valence-corrected chi connectivity index (χ3v) is 3.68. The molecule has 0 spiro atoms. The highest BCUT2D eigenvalue weighted by Crippen LogP contribution is 2.34. The van der Waals surface area contributed by atoms with Crippen LogP contribution in [0.5, 0.6) is 17.2 Å². The second-order valence-electron chi connectivity index (χ2n) is 5.49. The second kappa shape index (κ2) is 6.35. The van der Waals surface area contributed by atoms with Gasteiger partial charge in [-0.15, -0.1) is 13.2 Å². The molecular formula is C18H10F3NO5. The van der Waals surface area contributed by atoms with Crippen molar-refractivity contribution in [2.24, 2.45) is 4.99 Å². The van der Waals surface area contributed by atoms with Crippen LogP contribution in [0.15, 0.2) is 53.2 Å². The van der Waals surface area contributed by atoms with Crippen molar-refractivity contribution < 1.29 is 36.9 Å². The lowest BCUT2D eigenvalue weighted by molar-refractivity contribution is -0.274. The topological polar surface area (TPSA) is 66.4 Å². The van der Waals surface area contributed by atoms with Crippen molar-refractivity contribution in [3.8, 4) is 17.2 Å². The fourth-order valence-electron chi connectivity index (χ4n) is 2.53. The highest BCUT2D eigenvalue weighted by Gasteiger charge is 2.32. The largest absolute Gasteiger partial charge is 0.573 e. The quantitative estimate of drug-likeness (QED) is 0.603. The molecule has 2 aromatic rings. The number of ether oxygens (including phenoxy) is 4. The Morgan fingerprint density at radius 1 is 1.07 bits per heavy atom. The molecule has 2 aliphatic rings. The van der Waals surface area contributed by atoms with Crippen LogP contribution in [-0.2, 0) is 9.53 Å². The van der Waals surface area contributed by atoms with Gasteiger partial charge in [-0.3, -0.25) is 0 Å². The Morgan fingerprint density at radius 2 is 1.85 bits per heavy atom. The van der Waals surface area contributed by atoms with Crippen LogP contribution < -0.4 is 14.2 Å². The molecule has 0 aliphatic carbocycles. The highest BCUT2D eigenvalue weighted by atomic mass is 19.4. The summed E-state index contributed by atoms with van der Waals surface area (Å²) < 4.78 is 57.1. The minimum absolute atomic E-state index is 0.0128. The lowest BCUT2D eigenvalue weighted by atomic mass is 10.1. The molecule has 138 valence electrons. The van der Waals surface area contributed by atoms with Crippen LogP contribution in [0.3, 0.4) is 0 Å². The van der Waals surface area contributed by atoms with Gasteiger partial charge >= 0.3 is 12.3 Å². The lowest BCUT2D eigenvalue weighted by Crippen LogP contribution is -2.17. The van der Waals surface area contributed by atoms with Crippen LogP contribution in [-0.4, -0.2) is 25.0 Å². The number of rotatable bonds is 3. The summed E-state index contributed by atoms with van der Waals surface area (Å²) in [6.45, 7) is 0.0895. The molecule has 6 nitrogen and oxygen atoms in total. The summed E-state index contributed by atoms with van der Waals surface area (Å²) in [4.78, 5) is 16.1. The highest BCUT2D eigenvalue weighted by molar-refractivity contribution is 6.13. The number of hydrogen-bond donors (Lipinski definition) is 0. The van der Waals surface area contributed by atoms with Gasteiger partial charge in [-0.25, -0.2) is 9.79 Å². The normalized spacial score (nSPS) is 17.1. The first-order valence-electron chi connectivity index (χ1n) is 7.66. The van der Waals surface area contributed by atoms with Crippen molar-refractivity contribution in [3.63, 3.8) is 0 Å². The van der Waals surface area contributed by atoms with Gasteiger partial charge in [0.25, 0.3) is 0 Å². The van der Waals surface area contributed by atoms with Gasteiger partial charge in [-0.2, -0.15) is 0 Å². The van der Waals surface area contributed by atoms with E-state index in [1.807, 2.05) is 0 Å². The Balaban J connectivity index is 1.66. The molecule has 0 amide bonds. The van der Waals surface area contributed by atoms with E-state index >= 15 is 0 Å². The average Bonchev–Trinajstić information content (AvgIpc) is 3.21. The van der Waals surface area contributed by atoms with Crippen LogP contribution >= 0.6 is 0 Å². The summed E-state index contributed by atoms with van der Waals surface area (Å²) >= 11 is 0. The summed E-state index contributed by atoms with van der Waals surface area (Å²) in [5.41, 5.74) is 0.356. The molecule has 2 heterocycles. The number of carbonyl (C=O) groups is 1. The van der Waals surface area contributed by atoms with Crippen LogP contribution in [0, 0.1) is 0 Å². The van der Waals surface area contributed by atoms with Gasteiger partial charge in [-0.05, 0) is 30.3 Å². The number of esters is 1. The predicted molar refractivity (Wildman–Crippen MR) is 86.3 cm³/mol. The molecule has 2 aromatic carbocycles. The Morgan fingerprint density at radius 3 is 2.67 bits per heavy atom. The molecule has 4 rings (SSSR count). The number of carbonyl (C=O) groups excluding carboxylic acids is 1. The number of alkyl halides is 3. The first-order chi connectivity index (χ1) is 12.9. The molecule has 27 heavy (non-hydrogen) atoms. The zero-order valence-corrected chi connectivity index (χ0v) is 13.4. The second-order valence-corrected chi connectivity index (χ2v) is 5.49. The van der Waals surface area contributed by atoms with Crippen molar-refractivity contribution in [2.45, 2.75) is 6.36 Å². The van der Waals surface area contributed by atoms with E-state index in [1.165, 1.54) is 24.3 Å². The van der Waals surface area contributed by atoms with E-state index in [-0.39, 0.29) is 24.0 Å². The number of cyclic esters (lactones) is 1. The smallest absolute Gasteiger partial charge is 0.454 e. The maximum atomic E-state index is 12.5. The van der Waals surface area contributed by atoms with E-state index in [0.29, 0.717) is 17.1 Å². The fourth-order valence-corrected chi connectivity index (χ4v) is 2.53. The zero-order chi connectivity index (χ0) is 19.0. The molecule has 0 unspecified atom stereocenters. The van der Waals surface area contributed by atoms with Crippen LogP contribution in [0.1, 0.15) is 11.1 Å². The number of hydrogen-bond acceptors (Lipinski definition) is 6. The molecule has 0 radical (unpaired) electrons. The Labute approximate surface area is 150 Å². The molecule has 0 aromatic heterocycles. The van der Waals surface area contributed by atoms with E-state index in [4.69, 9.17) is 14.2 Å². The van der Waals surface area contributed by atoms with E-state index in [0.717, 1.165) is 6.07 Å². The van der Waals surface area contributed by atoms with Gasteiger partial charge in [0.15, 0.2) is 17.2 Å². The van der Waals surface area contributed by atoms with Crippen LogP contribution in [0.2, 0.25) is 0 Å². The molecule has 0 N–H and O–H groups in total. The number of nitrogens with zero attached hydrogens (tertiary/aromatic N) is 1. The number of halogens is 3. The average molecular weight is 377 g/mol. The summed E-state index contributed by atoms with van der Waals surface area (Å²) in [5, 5.41) is 0. The minimum Gasteiger partial charge on any atom is -0.454 e. The third kappa shape index (κ3) is 3.57. The zero-order valence-electron chi connectivity index (χ0n) is 13.4. The third-order valence-electron chi connectivity index (χ3n) is 3.68. The molecule has 0 atom stereocenters. The number of aliphatic imine (C=N–C) groups is 1. The van der Waals surface area contributed by atoms with Crippen molar-refractivity contribution in [1.29, 1.82) is 0 Å². The van der Waals surface area contributed by atoms with Gasteiger partial charge in [0.05, 0.1) is 0 Å². The van der Waals surface area contributed by atoms with E-state index in [9.17, 15) is 18.0 Å². The first-order valence-corrected chi connectivity index (χ1v) is 7.66. The number of fused-ring (bicyclic) bond motifs is 1. The number of benzene rings is 2. The fraction of sp³-hybridized carbons (Fsp3) is 0.111. The summed E-state index contributed by atoms with van der Waals surface area (Å²) in [5.74, 6) is -0.189. The van der Waals surface area contributed by atoms with Gasteiger partial charge in [0, 0.05) is 11.1 Å². The Hall–Kier alpha value is -3.49. The van der Waals surface area contributed by atoms with E-state index < -0.39 is 18.1 Å². The van der Waals surface area contributed by atoms with Crippen molar-refractivity contribution >= 4 is 17.9 Å². The predicted octanol–water partition coefficient (Wildman–Crippen LogP) is 3.66. The summed E-state index contributed by atoms with van der Waals surface area (Å²) in [7, 11) is 0. The van der Waals surface area contributed by atoms with Gasteiger partial charge in [0.1, 0.15) is 5.75 Å². The Bertz CT molecular complexity index is 981. The molecule has 0 bridgehead atoms. The summed E-state index contributed by atoms with van der Waals surface area (Å²) in [6.07, 6.45) is -3.69. The van der Waals surface area contributed by atoms with Crippen LogP contribution in [0.4, 0.5) is 13.2 Å². The van der Waals surface area contributed by atoms with E-state index in [2.05, 4.69) is 9.73 Å². The monoisotopic (exact) mass is 377 g/mol. The van der Waals surface area contributed by atoms with Gasteiger partial charge in [-0.1, -0.05) is 18.2 Å². The first kappa shape index (κ1) is 17.0.